The minimum Gasteiger partial charge on any atom is -0.392 e. The Morgan fingerprint density at radius 3 is 1.97 bits per heavy atom. The van der Waals surface area contributed by atoms with Crippen LogP contribution in [0.2, 0.25) is 0 Å². The maximum atomic E-state index is 15.7. The smallest absolute Gasteiger partial charge is 0.136 e. The lowest BCUT2D eigenvalue weighted by atomic mass is 9.81. The van der Waals surface area contributed by atoms with Gasteiger partial charge in [-0.15, -0.1) is 0 Å². The van der Waals surface area contributed by atoms with Crippen molar-refractivity contribution < 1.29 is 9.50 Å². The monoisotopic (exact) mass is 397 g/mol. The second kappa shape index (κ2) is 9.98. The zero-order chi connectivity index (χ0) is 22.6. The quantitative estimate of drug-likeness (QED) is 0.370. The Morgan fingerprint density at radius 2 is 1.59 bits per heavy atom. The molecule has 0 amide bonds. The van der Waals surface area contributed by atoms with Crippen LogP contribution in [0.3, 0.4) is 0 Å². The van der Waals surface area contributed by atoms with Gasteiger partial charge in [-0.05, 0) is 95.2 Å². The molecule has 0 saturated heterocycles. The van der Waals surface area contributed by atoms with Crippen molar-refractivity contribution in [1.29, 1.82) is 5.41 Å². The number of allylic oxidation sites excluding steroid dienone is 7. The molecular weight excluding hydrogens is 361 g/mol. The summed E-state index contributed by atoms with van der Waals surface area (Å²) in [6.45, 7) is 21.2. The second-order valence-electron chi connectivity index (χ2n) is 7.91. The van der Waals surface area contributed by atoms with Crippen LogP contribution in [-0.2, 0) is 13.0 Å². The summed E-state index contributed by atoms with van der Waals surface area (Å²) >= 11 is 0. The Balaban J connectivity index is 4.12. The summed E-state index contributed by atoms with van der Waals surface area (Å²) in [6, 6.07) is 0. The highest BCUT2D eigenvalue weighted by Crippen LogP contribution is 2.35. The molecule has 0 heterocycles. The van der Waals surface area contributed by atoms with Gasteiger partial charge in [0.2, 0.25) is 0 Å². The minimum absolute atomic E-state index is 0.169. The molecule has 0 aliphatic rings. The van der Waals surface area contributed by atoms with Crippen molar-refractivity contribution in [2.75, 3.05) is 0 Å². The number of nitrogens with one attached hydrogen (secondary N) is 1. The van der Waals surface area contributed by atoms with Crippen LogP contribution in [0, 0.1) is 18.2 Å². The highest BCUT2D eigenvalue weighted by Gasteiger charge is 2.26. The first-order valence-corrected chi connectivity index (χ1v) is 10.1. The average molecular weight is 398 g/mol. The van der Waals surface area contributed by atoms with Crippen molar-refractivity contribution in [3.8, 4) is 0 Å². The first-order chi connectivity index (χ1) is 13.5. The van der Waals surface area contributed by atoms with Crippen LogP contribution in [0.4, 0.5) is 4.39 Å². The number of rotatable bonds is 7. The maximum Gasteiger partial charge on any atom is 0.136 e. The topological polar surface area (TPSA) is 44.1 Å². The largest absolute Gasteiger partial charge is 0.392 e. The molecule has 0 radical (unpaired) electrons. The summed E-state index contributed by atoms with van der Waals surface area (Å²) in [6.07, 6.45) is 2.53. The molecule has 0 atom stereocenters. The first kappa shape index (κ1) is 24.8. The van der Waals surface area contributed by atoms with E-state index < -0.39 is 5.82 Å². The molecule has 3 heteroatoms. The predicted octanol–water partition coefficient (Wildman–Crippen LogP) is 7.23. The highest BCUT2D eigenvalue weighted by atomic mass is 19.1. The zero-order valence-corrected chi connectivity index (χ0v) is 19.5. The SMILES string of the molecule is C=C(C)c1c(C)c(F)c(C(=N)/C(C(C)=C(C)C)=C(C)\C(C)=C/C)c(CC)c1CO. The Bertz CT molecular complexity index is 938. The van der Waals surface area contributed by atoms with E-state index in [2.05, 4.69) is 6.58 Å². The van der Waals surface area contributed by atoms with Gasteiger partial charge in [0.05, 0.1) is 12.3 Å². The molecule has 1 aromatic carbocycles. The number of hydrogen-bond donors (Lipinski definition) is 2. The van der Waals surface area contributed by atoms with Crippen molar-refractivity contribution in [2.24, 2.45) is 0 Å². The maximum absolute atomic E-state index is 15.7. The summed E-state index contributed by atoms with van der Waals surface area (Å²) in [5, 5.41) is 19.2. The van der Waals surface area contributed by atoms with Gasteiger partial charge in [0.1, 0.15) is 5.82 Å². The van der Waals surface area contributed by atoms with E-state index in [0.717, 1.165) is 33.4 Å². The van der Waals surface area contributed by atoms with E-state index in [9.17, 15) is 5.11 Å². The summed E-state index contributed by atoms with van der Waals surface area (Å²) in [5.74, 6) is -0.396. The molecule has 0 unspecified atom stereocenters. The van der Waals surface area contributed by atoms with E-state index in [1.807, 2.05) is 61.5 Å². The summed E-state index contributed by atoms with van der Waals surface area (Å²) in [7, 11) is 0. The van der Waals surface area contributed by atoms with Crippen molar-refractivity contribution >= 4 is 11.3 Å². The van der Waals surface area contributed by atoms with Gasteiger partial charge < -0.3 is 5.11 Å². The van der Waals surface area contributed by atoms with Crippen LogP contribution in [0.15, 0.2) is 40.5 Å². The van der Waals surface area contributed by atoms with Crippen molar-refractivity contribution in [1.82, 2.24) is 0 Å². The first-order valence-electron chi connectivity index (χ1n) is 10.1. The molecule has 0 fully saturated rings. The van der Waals surface area contributed by atoms with E-state index in [1.165, 1.54) is 0 Å². The zero-order valence-electron chi connectivity index (χ0n) is 19.5. The van der Waals surface area contributed by atoms with Crippen molar-refractivity contribution in [3.05, 3.63) is 74.2 Å². The number of halogens is 1. The second-order valence-corrected chi connectivity index (χ2v) is 7.91. The molecule has 0 saturated carbocycles. The fourth-order valence-electron chi connectivity index (χ4n) is 3.81. The molecule has 0 spiro atoms. The lowest BCUT2D eigenvalue weighted by molar-refractivity contribution is 0.280. The molecule has 1 rings (SSSR count). The normalized spacial score (nSPS) is 12.6. The van der Waals surface area contributed by atoms with E-state index in [4.69, 9.17) is 5.41 Å². The Hall–Kier alpha value is -2.26. The number of benzene rings is 1. The van der Waals surface area contributed by atoms with Crippen molar-refractivity contribution in [2.45, 2.75) is 75.3 Å². The van der Waals surface area contributed by atoms with E-state index in [-0.39, 0.29) is 17.9 Å². The fraction of sp³-hybridized carbons (Fsp3) is 0.423. The standard InChI is InChI=1S/C26H36FNO/c1-11-16(7)18(9)23(17(8)14(3)4)26(28)24-20(12-2)21(13-29)22(15(5)6)19(10)25(24)27/h11,28-29H,5,12-13H2,1-4,6-10H3/b16-11-,23-18-,28-26?. The van der Waals surface area contributed by atoms with Gasteiger partial charge in [-0.2, -0.15) is 0 Å². The van der Waals surface area contributed by atoms with Crippen LogP contribution in [0.1, 0.15) is 83.2 Å². The van der Waals surface area contributed by atoms with Gasteiger partial charge in [0.25, 0.3) is 0 Å². The third-order valence-electron chi connectivity index (χ3n) is 5.85. The van der Waals surface area contributed by atoms with Gasteiger partial charge in [-0.3, -0.25) is 5.41 Å². The molecular formula is C26H36FNO. The Kier molecular flexibility index (Phi) is 8.52. The van der Waals surface area contributed by atoms with Gasteiger partial charge >= 0.3 is 0 Å². The molecule has 0 aromatic heterocycles. The molecule has 158 valence electrons. The van der Waals surface area contributed by atoms with E-state index in [1.54, 1.807) is 6.92 Å². The van der Waals surface area contributed by atoms with Gasteiger partial charge in [0, 0.05) is 11.1 Å². The third kappa shape index (κ3) is 4.67. The van der Waals surface area contributed by atoms with E-state index >= 15 is 4.39 Å². The summed E-state index contributed by atoms with van der Waals surface area (Å²) in [4.78, 5) is 0. The molecule has 0 aliphatic heterocycles. The summed E-state index contributed by atoms with van der Waals surface area (Å²) < 4.78 is 15.7. The average Bonchev–Trinajstić information content (AvgIpc) is 2.67. The molecule has 0 aliphatic carbocycles. The van der Waals surface area contributed by atoms with Crippen LogP contribution in [0.25, 0.3) is 5.57 Å². The minimum atomic E-state index is -0.396. The third-order valence-corrected chi connectivity index (χ3v) is 5.85. The van der Waals surface area contributed by atoms with Gasteiger partial charge in [-0.25, -0.2) is 4.39 Å². The number of aliphatic hydroxyl groups excluding tert-OH is 1. The highest BCUT2D eigenvalue weighted by molar-refractivity contribution is 6.15. The van der Waals surface area contributed by atoms with Crippen LogP contribution in [-0.4, -0.2) is 10.8 Å². The van der Waals surface area contributed by atoms with Crippen LogP contribution >= 0.6 is 0 Å². The fourth-order valence-corrected chi connectivity index (χ4v) is 3.81. The lowest BCUT2D eigenvalue weighted by Gasteiger charge is -2.24. The van der Waals surface area contributed by atoms with Crippen LogP contribution in [0.5, 0.6) is 0 Å². The predicted molar refractivity (Wildman–Crippen MR) is 124 cm³/mol. The van der Waals surface area contributed by atoms with Crippen LogP contribution < -0.4 is 0 Å². The Morgan fingerprint density at radius 1 is 1.03 bits per heavy atom. The number of aliphatic hydroxyl groups is 1. The summed E-state index contributed by atoms with van der Waals surface area (Å²) in [5.41, 5.74) is 8.48. The molecule has 1 aromatic rings. The molecule has 29 heavy (non-hydrogen) atoms. The molecule has 2 N–H and O–H groups in total. The number of hydrogen-bond acceptors (Lipinski definition) is 2. The molecule has 2 nitrogen and oxygen atoms in total. The van der Waals surface area contributed by atoms with Gasteiger partial charge in [-0.1, -0.05) is 36.3 Å². The van der Waals surface area contributed by atoms with Gasteiger partial charge in [0.15, 0.2) is 0 Å². The molecule has 0 bridgehead atoms. The lowest BCUT2D eigenvalue weighted by Crippen LogP contribution is -2.18. The van der Waals surface area contributed by atoms with E-state index in [0.29, 0.717) is 28.7 Å². The Labute approximate surface area is 176 Å². The van der Waals surface area contributed by atoms with Crippen molar-refractivity contribution in [3.63, 3.8) is 0 Å².